The lowest BCUT2D eigenvalue weighted by Crippen LogP contribution is -2.15. The first-order valence-corrected chi connectivity index (χ1v) is 7.03. The predicted molar refractivity (Wildman–Crippen MR) is 72.9 cm³/mol. The first-order chi connectivity index (χ1) is 8.69. The maximum Gasteiger partial charge on any atom is 0.234 e. The minimum absolute atomic E-state index is 0.836. The largest absolute Gasteiger partial charge is 0.285 e. The van der Waals surface area contributed by atoms with Crippen molar-refractivity contribution in [3.63, 3.8) is 0 Å². The van der Waals surface area contributed by atoms with Crippen LogP contribution in [0.3, 0.4) is 0 Å². The predicted octanol–water partition coefficient (Wildman–Crippen LogP) is 3.25. The van der Waals surface area contributed by atoms with Crippen molar-refractivity contribution in [2.75, 3.05) is 0 Å². The highest BCUT2D eigenvalue weighted by atomic mass is 15.1. The molecule has 0 radical (unpaired) electrons. The molecular weight excluding hydrogens is 222 g/mol. The van der Waals surface area contributed by atoms with Crippen LogP contribution in [0.1, 0.15) is 49.0 Å². The maximum atomic E-state index is 4.72. The van der Waals surface area contributed by atoms with Gasteiger partial charge in [-0.05, 0) is 45.1 Å². The summed E-state index contributed by atoms with van der Waals surface area (Å²) in [5.74, 6) is 1.73. The van der Waals surface area contributed by atoms with Crippen molar-refractivity contribution in [3.8, 4) is 0 Å². The second-order valence-corrected chi connectivity index (χ2v) is 5.58. The van der Waals surface area contributed by atoms with Crippen LogP contribution in [-0.2, 0) is 12.8 Å². The Morgan fingerprint density at radius 2 is 2.17 bits per heavy atom. The molecule has 0 aliphatic heterocycles. The summed E-state index contributed by atoms with van der Waals surface area (Å²) in [6.45, 7) is 6.48. The highest BCUT2D eigenvalue weighted by Crippen LogP contribution is 2.29. The molecule has 0 saturated carbocycles. The molecule has 1 aliphatic rings. The van der Waals surface area contributed by atoms with Crippen molar-refractivity contribution in [2.45, 2.75) is 52.9 Å². The molecule has 1 atom stereocenters. The second-order valence-electron chi connectivity index (χ2n) is 5.58. The monoisotopic (exact) mass is 243 g/mol. The molecule has 0 spiro atoms. The van der Waals surface area contributed by atoms with Crippen molar-refractivity contribution >= 4 is 5.78 Å². The van der Waals surface area contributed by atoms with Gasteiger partial charge in [0, 0.05) is 17.1 Å². The molecule has 0 bridgehead atoms. The van der Waals surface area contributed by atoms with Crippen LogP contribution in [0, 0.1) is 19.8 Å². The van der Waals surface area contributed by atoms with Crippen molar-refractivity contribution < 1.29 is 0 Å². The average molecular weight is 243 g/mol. The quantitative estimate of drug-likeness (QED) is 0.810. The molecule has 1 aliphatic carbocycles. The Morgan fingerprint density at radius 1 is 1.33 bits per heavy atom. The molecule has 0 amide bonds. The molecule has 0 saturated heterocycles. The van der Waals surface area contributed by atoms with Crippen LogP contribution in [-0.4, -0.2) is 14.4 Å². The average Bonchev–Trinajstić information content (AvgIpc) is 2.66. The number of aryl methyl sites for hydroxylation is 3. The zero-order valence-electron chi connectivity index (χ0n) is 11.5. The van der Waals surface area contributed by atoms with Crippen molar-refractivity contribution in [1.82, 2.24) is 14.4 Å². The Labute approximate surface area is 108 Å². The van der Waals surface area contributed by atoms with Crippen LogP contribution in [0.15, 0.2) is 6.07 Å². The topological polar surface area (TPSA) is 30.2 Å². The van der Waals surface area contributed by atoms with E-state index in [-0.39, 0.29) is 0 Å². The van der Waals surface area contributed by atoms with Crippen LogP contribution < -0.4 is 0 Å². The van der Waals surface area contributed by atoms with Gasteiger partial charge >= 0.3 is 0 Å². The van der Waals surface area contributed by atoms with Crippen molar-refractivity contribution in [3.05, 3.63) is 28.8 Å². The summed E-state index contributed by atoms with van der Waals surface area (Å²) >= 11 is 0. The maximum absolute atomic E-state index is 4.72. The second kappa shape index (κ2) is 4.38. The van der Waals surface area contributed by atoms with Gasteiger partial charge in [-0.3, -0.25) is 4.40 Å². The first-order valence-electron chi connectivity index (χ1n) is 7.03. The van der Waals surface area contributed by atoms with Gasteiger partial charge in [0.2, 0.25) is 5.78 Å². The van der Waals surface area contributed by atoms with E-state index in [1.165, 1.54) is 42.8 Å². The Bertz CT molecular complexity index is 583. The Hall–Kier alpha value is -1.38. The molecule has 0 N–H and O–H groups in total. The van der Waals surface area contributed by atoms with Gasteiger partial charge in [0.25, 0.3) is 0 Å². The van der Waals surface area contributed by atoms with Gasteiger partial charge in [0.1, 0.15) is 0 Å². The molecule has 0 aromatic carbocycles. The fourth-order valence-corrected chi connectivity index (χ4v) is 3.27. The molecule has 2 aromatic rings. The molecule has 0 fully saturated rings. The minimum atomic E-state index is 0.836. The Balaban J connectivity index is 2.10. The van der Waals surface area contributed by atoms with Crippen LogP contribution in [0.5, 0.6) is 0 Å². The van der Waals surface area contributed by atoms with Gasteiger partial charge in [-0.25, -0.2) is 9.97 Å². The zero-order valence-corrected chi connectivity index (χ0v) is 11.5. The SMILES string of the molecule is CCCC1CCc2nc3nc(C)cc(C)n3c2C1. The highest BCUT2D eigenvalue weighted by Gasteiger charge is 2.23. The summed E-state index contributed by atoms with van der Waals surface area (Å²) in [6, 6.07) is 2.15. The third-order valence-electron chi connectivity index (χ3n) is 4.05. The van der Waals surface area contributed by atoms with E-state index < -0.39 is 0 Å². The lowest BCUT2D eigenvalue weighted by molar-refractivity contribution is 0.414. The first kappa shape index (κ1) is 11.7. The van der Waals surface area contributed by atoms with Gasteiger partial charge in [-0.2, -0.15) is 0 Å². The van der Waals surface area contributed by atoms with E-state index in [0.29, 0.717) is 0 Å². The number of aromatic nitrogens is 3. The molecule has 2 heterocycles. The number of nitrogens with zero attached hydrogens (tertiary/aromatic N) is 3. The van der Waals surface area contributed by atoms with Crippen LogP contribution in [0.25, 0.3) is 5.78 Å². The van der Waals surface area contributed by atoms with Gasteiger partial charge in [0.15, 0.2) is 0 Å². The lowest BCUT2D eigenvalue weighted by atomic mass is 9.86. The summed E-state index contributed by atoms with van der Waals surface area (Å²) in [4.78, 5) is 9.29. The minimum Gasteiger partial charge on any atom is -0.285 e. The van der Waals surface area contributed by atoms with Gasteiger partial charge in [-0.15, -0.1) is 0 Å². The van der Waals surface area contributed by atoms with Crippen LogP contribution in [0.4, 0.5) is 0 Å². The normalized spacial score (nSPS) is 19.2. The smallest absolute Gasteiger partial charge is 0.234 e. The third-order valence-corrected chi connectivity index (χ3v) is 4.05. The summed E-state index contributed by atoms with van der Waals surface area (Å²) in [6.07, 6.45) is 6.22. The van der Waals surface area contributed by atoms with Gasteiger partial charge in [-0.1, -0.05) is 19.8 Å². The van der Waals surface area contributed by atoms with Crippen LogP contribution >= 0.6 is 0 Å². The molecule has 96 valence electrons. The summed E-state index contributed by atoms with van der Waals surface area (Å²) in [7, 11) is 0. The van der Waals surface area contributed by atoms with E-state index in [1.807, 2.05) is 6.92 Å². The molecule has 3 heteroatoms. The highest BCUT2D eigenvalue weighted by molar-refractivity contribution is 5.40. The van der Waals surface area contributed by atoms with E-state index in [9.17, 15) is 0 Å². The van der Waals surface area contributed by atoms with Crippen molar-refractivity contribution in [2.24, 2.45) is 5.92 Å². The fraction of sp³-hybridized carbons (Fsp3) is 0.600. The standard InChI is InChI=1S/C15H21N3/c1-4-5-12-6-7-13-14(9-12)18-11(3)8-10(2)16-15(18)17-13/h8,12H,4-7,9H2,1-3H3. The number of rotatable bonds is 2. The number of imidazole rings is 1. The van der Waals surface area contributed by atoms with Gasteiger partial charge in [0.05, 0.1) is 5.69 Å². The third kappa shape index (κ3) is 1.82. The molecule has 3 rings (SSSR count). The summed E-state index contributed by atoms with van der Waals surface area (Å²) in [5, 5.41) is 0. The molecule has 3 nitrogen and oxygen atoms in total. The van der Waals surface area contributed by atoms with E-state index >= 15 is 0 Å². The number of hydrogen-bond acceptors (Lipinski definition) is 2. The molecule has 1 unspecified atom stereocenters. The summed E-state index contributed by atoms with van der Waals surface area (Å²) < 4.78 is 2.27. The fourth-order valence-electron chi connectivity index (χ4n) is 3.27. The molecular formula is C15H21N3. The van der Waals surface area contributed by atoms with Gasteiger partial charge < -0.3 is 0 Å². The van der Waals surface area contributed by atoms with E-state index in [4.69, 9.17) is 4.98 Å². The van der Waals surface area contributed by atoms with Crippen molar-refractivity contribution in [1.29, 1.82) is 0 Å². The van der Waals surface area contributed by atoms with Crippen LogP contribution in [0.2, 0.25) is 0 Å². The van der Waals surface area contributed by atoms with E-state index in [2.05, 4.69) is 29.3 Å². The molecule has 2 aromatic heterocycles. The Kier molecular flexibility index (Phi) is 2.84. The number of hydrogen-bond donors (Lipinski definition) is 0. The summed E-state index contributed by atoms with van der Waals surface area (Å²) in [5.41, 5.74) is 5.03. The zero-order chi connectivity index (χ0) is 12.7. The number of fused-ring (bicyclic) bond motifs is 3. The molecule has 18 heavy (non-hydrogen) atoms. The lowest BCUT2D eigenvalue weighted by Gasteiger charge is -2.21. The van der Waals surface area contributed by atoms with E-state index in [1.54, 1.807) is 0 Å². The van der Waals surface area contributed by atoms with E-state index in [0.717, 1.165) is 23.8 Å². The Morgan fingerprint density at radius 3 is 2.94 bits per heavy atom.